The number of aromatic hydroxyl groups is 1. The lowest BCUT2D eigenvalue weighted by molar-refractivity contribution is -0.384. The molecule has 12 nitrogen and oxygen atoms in total. The summed E-state index contributed by atoms with van der Waals surface area (Å²) in [5.41, 5.74) is 3.88. The number of nitro benzene ring substituents is 1. The number of rotatable bonds is 9. The molecule has 0 aliphatic heterocycles. The van der Waals surface area contributed by atoms with E-state index in [1.807, 2.05) is 0 Å². The van der Waals surface area contributed by atoms with Gasteiger partial charge in [-0.25, -0.2) is 9.82 Å². The van der Waals surface area contributed by atoms with E-state index in [1.165, 1.54) is 36.5 Å². The Morgan fingerprint density at radius 1 is 0.944 bits per heavy atom. The minimum absolute atomic E-state index is 0.0255. The van der Waals surface area contributed by atoms with Crippen LogP contribution < -0.4 is 20.8 Å². The molecule has 36 heavy (non-hydrogen) atoms. The lowest BCUT2D eigenvalue weighted by atomic mass is 10.2. The van der Waals surface area contributed by atoms with Gasteiger partial charge >= 0.3 is 0 Å². The van der Waals surface area contributed by atoms with Gasteiger partial charge in [-0.2, -0.15) is 20.1 Å². The first-order chi connectivity index (χ1) is 17.4. The van der Waals surface area contributed by atoms with Crippen molar-refractivity contribution in [2.24, 2.45) is 5.10 Å². The van der Waals surface area contributed by atoms with Crippen LogP contribution in [0, 0.1) is 15.9 Å². The van der Waals surface area contributed by atoms with Gasteiger partial charge in [-0.3, -0.25) is 10.1 Å². The molecular formula is C23H19FN8O4. The number of non-ortho nitro benzene ring substituents is 1. The normalized spacial score (nSPS) is 10.7. The molecule has 0 bridgehead atoms. The molecular weight excluding hydrogens is 471 g/mol. The van der Waals surface area contributed by atoms with E-state index in [-0.39, 0.29) is 34.8 Å². The molecule has 4 rings (SSSR count). The summed E-state index contributed by atoms with van der Waals surface area (Å²) in [4.78, 5) is 23.2. The van der Waals surface area contributed by atoms with Gasteiger partial charge in [-0.1, -0.05) is 0 Å². The summed E-state index contributed by atoms with van der Waals surface area (Å²) in [6.07, 6.45) is 1.21. The Morgan fingerprint density at radius 3 is 2.11 bits per heavy atom. The molecule has 0 atom stereocenters. The third-order valence-corrected chi connectivity index (χ3v) is 4.67. The van der Waals surface area contributed by atoms with E-state index in [9.17, 15) is 19.6 Å². The lowest BCUT2D eigenvalue weighted by Crippen LogP contribution is -2.07. The first-order valence-corrected chi connectivity index (χ1v) is 10.4. The molecule has 0 fully saturated rings. The number of hydrogen-bond donors (Lipinski definition) is 4. The summed E-state index contributed by atoms with van der Waals surface area (Å²) in [5.74, 6) is 0.286. The van der Waals surface area contributed by atoms with Gasteiger partial charge in [-0.05, 0) is 54.6 Å². The number of aromatic nitrogens is 3. The number of nitrogens with one attached hydrogen (secondary N) is 3. The van der Waals surface area contributed by atoms with Gasteiger partial charge in [-0.15, -0.1) is 0 Å². The first kappa shape index (κ1) is 23.8. The molecule has 0 saturated heterocycles. The van der Waals surface area contributed by atoms with Crippen LogP contribution in [0.15, 0.2) is 71.8 Å². The van der Waals surface area contributed by atoms with Crippen LogP contribution >= 0.6 is 0 Å². The van der Waals surface area contributed by atoms with E-state index in [4.69, 9.17) is 4.74 Å². The van der Waals surface area contributed by atoms with Gasteiger partial charge in [0.2, 0.25) is 17.8 Å². The summed E-state index contributed by atoms with van der Waals surface area (Å²) in [6, 6.07) is 16.2. The number of halogens is 1. The Hall–Kier alpha value is -5.33. The average Bonchev–Trinajstić information content (AvgIpc) is 2.87. The van der Waals surface area contributed by atoms with Crippen LogP contribution in [0.3, 0.4) is 0 Å². The number of methoxy groups -OCH3 is 1. The zero-order chi connectivity index (χ0) is 25.5. The highest BCUT2D eigenvalue weighted by Crippen LogP contribution is 2.22. The largest absolute Gasteiger partial charge is 0.507 e. The molecule has 0 unspecified atom stereocenters. The standard InChI is InChI=1S/C23H19FN8O4/c1-36-19-9-5-17(6-10-19)27-22-28-21(26-16-3-7-18(8-4-16)32(34)35)29-23(30-22)31-25-13-14-12-15(24)2-11-20(14)33/h2-13,33H,1H3,(H3,26,27,28,29,30,31)/b25-13-. The molecule has 13 heteroatoms. The van der Waals surface area contributed by atoms with Crippen LogP contribution in [0.1, 0.15) is 5.56 Å². The lowest BCUT2D eigenvalue weighted by Gasteiger charge is -2.10. The van der Waals surface area contributed by atoms with Gasteiger partial charge in [0.15, 0.2) is 0 Å². The maximum Gasteiger partial charge on any atom is 0.269 e. The molecule has 0 amide bonds. The highest BCUT2D eigenvalue weighted by Gasteiger charge is 2.10. The summed E-state index contributed by atoms with van der Waals surface area (Å²) < 4.78 is 18.6. The van der Waals surface area contributed by atoms with E-state index in [2.05, 4.69) is 36.1 Å². The summed E-state index contributed by atoms with van der Waals surface area (Å²) >= 11 is 0. The number of nitrogens with zero attached hydrogens (tertiary/aromatic N) is 5. The maximum atomic E-state index is 13.4. The molecule has 0 radical (unpaired) electrons. The number of hydrogen-bond acceptors (Lipinski definition) is 11. The quantitative estimate of drug-likeness (QED) is 0.149. The predicted molar refractivity (Wildman–Crippen MR) is 132 cm³/mol. The molecule has 0 aliphatic rings. The van der Waals surface area contributed by atoms with Crippen molar-refractivity contribution >= 4 is 41.1 Å². The number of phenolic OH excluding ortho intramolecular Hbond substituents is 1. The Bertz CT molecular complexity index is 1400. The topological polar surface area (TPSA) is 160 Å². The van der Waals surface area contributed by atoms with Crippen molar-refractivity contribution in [2.75, 3.05) is 23.2 Å². The van der Waals surface area contributed by atoms with Gasteiger partial charge < -0.3 is 20.5 Å². The molecule has 3 aromatic carbocycles. The van der Waals surface area contributed by atoms with Crippen LogP contribution in [0.4, 0.5) is 39.3 Å². The third kappa shape index (κ3) is 6.17. The molecule has 0 spiro atoms. The summed E-state index contributed by atoms with van der Waals surface area (Å²) in [5, 5.41) is 30.7. The minimum Gasteiger partial charge on any atom is -0.507 e. The molecule has 0 saturated carbocycles. The van der Waals surface area contributed by atoms with Crippen molar-refractivity contribution in [3.63, 3.8) is 0 Å². The van der Waals surface area contributed by atoms with Crippen LogP contribution in [0.25, 0.3) is 0 Å². The zero-order valence-corrected chi connectivity index (χ0v) is 18.7. The van der Waals surface area contributed by atoms with Crippen molar-refractivity contribution in [3.8, 4) is 11.5 Å². The van der Waals surface area contributed by atoms with Gasteiger partial charge in [0.25, 0.3) is 5.69 Å². The fraction of sp³-hybridized carbons (Fsp3) is 0.0435. The van der Waals surface area contributed by atoms with Crippen LogP contribution in [-0.2, 0) is 0 Å². The average molecular weight is 490 g/mol. The fourth-order valence-electron chi connectivity index (χ4n) is 2.93. The van der Waals surface area contributed by atoms with Crippen molar-refractivity contribution in [1.82, 2.24) is 15.0 Å². The molecule has 0 aliphatic carbocycles. The SMILES string of the molecule is COc1ccc(Nc2nc(N/N=C\c3cc(F)ccc3O)nc(Nc3ccc([N+](=O)[O-])cc3)n2)cc1. The van der Waals surface area contributed by atoms with Crippen molar-refractivity contribution in [3.05, 3.63) is 88.2 Å². The number of hydrazone groups is 1. The Labute approximate surface area is 203 Å². The minimum atomic E-state index is -0.532. The number of nitro groups is 1. The number of benzene rings is 3. The number of phenols is 1. The fourth-order valence-corrected chi connectivity index (χ4v) is 2.93. The highest BCUT2D eigenvalue weighted by atomic mass is 19.1. The molecule has 1 aromatic heterocycles. The second-order valence-electron chi connectivity index (χ2n) is 7.16. The van der Waals surface area contributed by atoms with E-state index in [1.54, 1.807) is 31.4 Å². The van der Waals surface area contributed by atoms with Crippen molar-refractivity contribution in [1.29, 1.82) is 0 Å². The van der Waals surface area contributed by atoms with Crippen molar-refractivity contribution < 1.29 is 19.2 Å². The molecule has 182 valence electrons. The predicted octanol–water partition coefficient (Wildman–Crippen LogP) is 4.57. The van der Waals surface area contributed by atoms with E-state index in [0.29, 0.717) is 17.1 Å². The van der Waals surface area contributed by atoms with Gasteiger partial charge in [0.1, 0.15) is 17.3 Å². The van der Waals surface area contributed by atoms with Crippen molar-refractivity contribution in [2.45, 2.75) is 0 Å². The zero-order valence-electron chi connectivity index (χ0n) is 18.7. The maximum absolute atomic E-state index is 13.4. The van der Waals surface area contributed by atoms with Crippen LogP contribution in [-0.4, -0.2) is 38.3 Å². The first-order valence-electron chi connectivity index (χ1n) is 10.4. The Kier molecular flexibility index (Phi) is 7.10. The third-order valence-electron chi connectivity index (χ3n) is 4.67. The molecule has 4 N–H and O–H groups in total. The number of anilines is 5. The van der Waals surface area contributed by atoms with E-state index in [0.717, 1.165) is 12.1 Å². The summed E-state index contributed by atoms with van der Waals surface area (Å²) in [6.45, 7) is 0. The highest BCUT2D eigenvalue weighted by molar-refractivity contribution is 5.83. The second kappa shape index (κ2) is 10.7. The van der Waals surface area contributed by atoms with Crippen LogP contribution in [0.2, 0.25) is 0 Å². The van der Waals surface area contributed by atoms with Gasteiger partial charge in [0, 0.05) is 29.1 Å². The van der Waals surface area contributed by atoms with Gasteiger partial charge in [0.05, 0.1) is 18.2 Å². The Morgan fingerprint density at radius 2 is 1.53 bits per heavy atom. The van der Waals surface area contributed by atoms with E-state index >= 15 is 0 Å². The monoisotopic (exact) mass is 490 g/mol. The Balaban J connectivity index is 1.59. The number of ether oxygens (including phenoxy) is 1. The van der Waals surface area contributed by atoms with Crippen LogP contribution in [0.5, 0.6) is 11.5 Å². The smallest absolute Gasteiger partial charge is 0.269 e. The second-order valence-corrected chi connectivity index (χ2v) is 7.16. The molecule has 1 heterocycles. The summed E-state index contributed by atoms with van der Waals surface area (Å²) in [7, 11) is 1.56. The molecule has 4 aromatic rings. The van der Waals surface area contributed by atoms with E-state index < -0.39 is 10.7 Å².